The van der Waals surface area contributed by atoms with Crippen LogP contribution in [0.4, 0.5) is 16.3 Å². The molecule has 4 N–H and O–H groups in total. The summed E-state index contributed by atoms with van der Waals surface area (Å²) in [7, 11) is -3.74. The average molecular weight is 467 g/mol. The quantitative estimate of drug-likeness (QED) is 0.485. The molecule has 0 bridgehead atoms. The largest absolute Gasteiger partial charge is 0.384 e. The third-order valence-electron chi connectivity index (χ3n) is 5.42. The highest BCUT2D eigenvalue weighted by molar-refractivity contribution is 7.92. The molecule has 3 aromatic rings. The van der Waals surface area contributed by atoms with Crippen LogP contribution in [0.2, 0.25) is 0 Å². The van der Waals surface area contributed by atoms with Gasteiger partial charge in [0, 0.05) is 30.1 Å². The van der Waals surface area contributed by atoms with Crippen LogP contribution in [0.5, 0.6) is 0 Å². The Bertz CT molecular complexity index is 1260. The van der Waals surface area contributed by atoms with Gasteiger partial charge in [-0.15, -0.1) is 0 Å². The minimum atomic E-state index is -3.74. The minimum absolute atomic E-state index is 0.0207. The summed E-state index contributed by atoms with van der Waals surface area (Å²) < 4.78 is 25.5. The summed E-state index contributed by atoms with van der Waals surface area (Å²) in [5, 5.41) is 5.58. The van der Waals surface area contributed by atoms with Crippen molar-refractivity contribution >= 4 is 27.4 Å². The number of carbonyl (C=O) groups excluding carboxylic acids is 1. The molecule has 2 heterocycles. The van der Waals surface area contributed by atoms with Crippen molar-refractivity contribution in [1.82, 2.24) is 20.3 Å². The molecule has 2 aromatic heterocycles. The predicted molar refractivity (Wildman–Crippen MR) is 126 cm³/mol. The molecule has 0 atom stereocenters. The normalized spacial score (nSPS) is 14.6. The Morgan fingerprint density at radius 1 is 1.12 bits per heavy atom. The van der Waals surface area contributed by atoms with Gasteiger partial charge < -0.3 is 16.4 Å². The van der Waals surface area contributed by atoms with Crippen molar-refractivity contribution in [3.8, 4) is 11.4 Å². The van der Waals surface area contributed by atoms with Gasteiger partial charge in [-0.25, -0.2) is 28.2 Å². The summed E-state index contributed by atoms with van der Waals surface area (Å²) in [5.41, 5.74) is 7.66. The lowest BCUT2D eigenvalue weighted by Gasteiger charge is -2.16. The molecule has 0 aliphatic heterocycles. The summed E-state index contributed by atoms with van der Waals surface area (Å²) in [5.74, 6) is 0.861. The highest BCUT2D eigenvalue weighted by Gasteiger charge is 2.58. The Balaban J connectivity index is 1.59. The molecular formula is C23H26N6O3S. The number of nitrogens with one attached hydrogen (secondary N) is 2. The zero-order valence-corrected chi connectivity index (χ0v) is 19.3. The maximum absolute atomic E-state index is 13.3. The number of sulfone groups is 1. The number of aromatic nitrogens is 3. The third-order valence-corrected chi connectivity index (χ3v) is 7.85. The molecule has 9 nitrogen and oxygen atoms in total. The predicted octanol–water partition coefficient (Wildman–Crippen LogP) is 3.36. The van der Waals surface area contributed by atoms with E-state index in [0.29, 0.717) is 48.1 Å². The highest BCUT2D eigenvalue weighted by Crippen LogP contribution is 2.54. The van der Waals surface area contributed by atoms with Gasteiger partial charge >= 0.3 is 6.03 Å². The van der Waals surface area contributed by atoms with Gasteiger partial charge in [-0.2, -0.15) is 0 Å². The Hall–Kier alpha value is -3.53. The number of nitrogens with zero attached hydrogens (tertiary/aromatic N) is 3. The fourth-order valence-electron chi connectivity index (χ4n) is 3.49. The zero-order valence-electron chi connectivity index (χ0n) is 18.4. The molecule has 0 spiro atoms. The van der Waals surface area contributed by atoms with Gasteiger partial charge in [0.05, 0.1) is 5.69 Å². The van der Waals surface area contributed by atoms with Crippen LogP contribution in [0, 0.1) is 5.92 Å². The van der Waals surface area contributed by atoms with E-state index in [4.69, 9.17) is 5.73 Å². The summed E-state index contributed by atoms with van der Waals surface area (Å²) in [4.78, 5) is 24.9. The van der Waals surface area contributed by atoms with E-state index in [0.717, 1.165) is 0 Å². The molecule has 10 heteroatoms. The van der Waals surface area contributed by atoms with Crippen LogP contribution < -0.4 is 16.4 Å². The van der Waals surface area contributed by atoms with Crippen LogP contribution in [-0.4, -0.2) is 35.9 Å². The highest BCUT2D eigenvalue weighted by atomic mass is 32.2. The monoisotopic (exact) mass is 466 g/mol. The zero-order chi connectivity index (χ0) is 23.6. The van der Waals surface area contributed by atoms with Gasteiger partial charge in [-0.05, 0) is 55.2 Å². The number of urea groups is 1. The second kappa shape index (κ2) is 8.78. The molecule has 0 saturated heterocycles. The van der Waals surface area contributed by atoms with E-state index in [2.05, 4.69) is 25.6 Å². The van der Waals surface area contributed by atoms with E-state index in [1.165, 1.54) is 18.3 Å². The molecule has 1 fully saturated rings. The van der Waals surface area contributed by atoms with Gasteiger partial charge in [0.15, 0.2) is 10.9 Å². The number of hydrogen-bond donors (Lipinski definition) is 3. The van der Waals surface area contributed by atoms with E-state index in [-0.39, 0.29) is 16.9 Å². The van der Waals surface area contributed by atoms with Crippen LogP contribution in [0.15, 0.2) is 59.8 Å². The Kier molecular flexibility index (Phi) is 6.03. The third kappa shape index (κ3) is 4.65. The number of amides is 2. The number of carbonyl (C=O) groups is 1. The van der Waals surface area contributed by atoms with Crippen molar-refractivity contribution in [2.75, 3.05) is 17.6 Å². The van der Waals surface area contributed by atoms with E-state index in [9.17, 15) is 13.2 Å². The van der Waals surface area contributed by atoms with Crippen molar-refractivity contribution in [2.24, 2.45) is 5.92 Å². The molecule has 1 saturated carbocycles. The molecular weight excluding hydrogens is 440 g/mol. The first kappa shape index (κ1) is 22.7. The van der Waals surface area contributed by atoms with Gasteiger partial charge in [0.2, 0.25) is 9.84 Å². The fraction of sp³-hybridized carbons (Fsp3) is 0.304. The molecule has 1 aliphatic rings. The van der Waals surface area contributed by atoms with Crippen molar-refractivity contribution in [1.29, 1.82) is 0 Å². The van der Waals surface area contributed by atoms with Gasteiger partial charge in [0.25, 0.3) is 0 Å². The fourth-order valence-corrected chi connectivity index (χ4v) is 5.36. The lowest BCUT2D eigenvalue weighted by atomic mass is 10.1. The maximum Gasteiger partial charge on any atom is 0.319 e. The average Bonchev–Trinajstić information content (AvgIpc) is 3.61. The van der Waals surface area contributed by atoms with Crippen LogP contribution in [0.1, 0.15) is 32.4 Å². The minimum Gasteiger partial charge on any atom is -0.384 e. The number of anilines is 2. The lowest BCUT2D eigenvalue weighted by molar-refractivity contribution is 0.251. The molecule has 1 aliphatic carbocycles. The van der Waals surface area contributed by atoms with Crippen LogP contribution in [-0.2, 0) is 14.6 Å². The number of nitrogens with two attached hydrogens (primary N) is 1. The second-order valence-corrected chi connectivity index (χ2v) is 10.7. The number of nitrogen functional groups attached to an aromatic ring is 1. The summed E-state index contributed by atoms with van der Waals surface area (Å²) in [6.45, 7) is 4.61. The van der Waals surface area contributed by atoms with E-state index in [1.807, 2.05) is 13.8 Å². The summed E-state index contributed by atoms with van der Waals surface area (Å²) >= 11 is 0. The Morgan fingerprint density at radius 3 is 2.45 bits per heavy atom. The van der Waals surface area contributed by atoms with Crippen molar-refractivity contribution in [3.63, 3.8) is 0 Å². The number of benzene rings is 1. The smallest absolute Gasteiger partial charge is 0.319 e. The summed E-state index contributed by atoms with van der Waals surface area (Å²) in [6, 6.07) is 13.0. The first-order valence-corrected chi connectivity index (χ1v) is 12.2. The molecule has 0 radical (unpaired) electrons. The SMILES string of the molecule is CC(C)CNC(=O)Nc1ccc(-c2nc(N)cc(C3(S(=O)(=O)c4ccccn4)CC3)n2)cc1. The standard InChI is InChI=1S/C23H26N6O3S/c1-15(2)14-26-22(30)27-17-8-6-16(7-9-17)21-28-18(13-19(24)29-21)23(10-11-23)33(31,32)20-5-3-4-12-25-20/h3-9,12-13,15H,10-11,14H2,1-2H3,(H2,24,28,29)(H2,26,27,30). The lowest BCUT2D eigenvalue weighted by Crippen LogP contribution is -2.31. The molecule has 4 rings (SSSR count). The second-order valence-electron chi connectivity index (χ2n) is 8.47. The number of pyridine rings is 1. The van der Waals surface area contributed by atoms with Crippen LogP contribution >= 0.6 is 0 Å². The summed E-state index contributed by atoms with van der Waals surface area (Å²) in [6.07, 6.45) is 2.34. The Morgan fingerprint density at radius 2 is 1.85 bits per heavy atom. The molecule has 2 amide bonds. The van der Waals surface area contributed by atoms with E-state index in [1.54, 1.807) is 36.4 Å². The molecule has 172 valence electrons. The number of hydrogen-bond acceptors (Lipinski definition) is 7. The van der Waals surface area contributed by atoms with Crippen molar-refractivity contribution in [2.45, 2.75) is 36.5 Å². The van der Waals surface area contributed by atoms with Crippen molar-refractivity contribution in [3.05, 3.63) is 60.4 Å². The molecule has 1 aromatic carbocycles. The number of rotatable bonds is 7. The first-order valence-electron chi connectivity index (χ1n) is 10.7. The van der Waals surface area contributed by atoms with Gasteiger partial charge in [-0.3, -0.25) is 0 Å². The molecule has 33 heavy (non-hydrogen) atoms. The van der Waals surface area contributed by atoms with Gasteiger partial charge in [0.1, 0.15) is 10.6 Å². The van der Waals surface area contributed by atoms with E-state index < -0.39 is 14.6 Å². The first-order chi connectivity index (χ1) is 15.7. The van der Waals surface area contributed by atoms with Crippen LogP contribution in [0.3, 0.4) is 0 Å². The van der Waals surface area contributed by atoms with E-state index >= 15 is 0 Å². The molecule has 0 unspecified atom stereocenters. The maximum atomic E-state index is 13.3. The van der Waals surface area contributed by atoms with Crippen LogP contribution in [0.25, 0.3) is 11.4 Å². The van der Waals surface area contributed by atoms with Crippen molar-refractivity contribution < 1.29 is 13.2 Å². The topological polar surface area (TPSA) is 140 Å². The Labute approximate surface area is 192 Å². The van der Waals surface area contributed by atoms with Gasteiger partial charge in [-0.1, -0.05) is 19.9 Å².